The van der Waals surface area contributed by atoms with E-state index in [0.717, 1.165) is 13.0 Å². The maximum atomic E-state index is 13.2. The molecule has 190 valence electrons. The van der Waals surface area contributed by atoms with Crippen LogP contribution in [0.4, 0.5) is 0 Å². The summed E-state index contributed by atoms with van der Waals surface area (Å²) in [5.41, 5.74) is 0.567. The van der Waals surface area contributed by atoms with E-state index in [2.05, 4.69) is 31.2 Å². The van der Waals surface area contributed by atoms with Gasteiger partial charge in [0.05, 0.1) is 12.4 Å². The van der Waals surface area contributed by atoms with Crippen LogP contribution >= 0.6 is 0 Å². The van der Waals surface area contributed by atoms with Crippen molar-refractivity contribution in [3.63, 3.8) is 0 Å². The summed E-state index contributed by atoms with van der Waals surface area (Å²) in [5, 5.41) is 20.8. The molecular formula is C23H38N6O5. The molecule has 2 heterocycles. The van der Waals surface area contributed by atoms with Gasteiger partial charge in [0, 0.05) is 18.3 Å². The lowest BCUT2D eigenvalue weighted by Crippen LogP contribution is -2.59. The van der Waals surface area contributed by atoms with Crippen LogP contribution in [0.5, 0.6) is 0 Å². The number of hydrogen-bond acceptors (Lipinski definition) is 6. The van der Waals surface area contributed by atoms with Gasteiger partial charge in [0.2, 0.25) is 17.7 Å². The second kappa shape index (κ2) is 13.1. The van der Waals surface area contributed by atoms with Crippen LogP contribution in [-0.4, -0.2) is 69.5 Å². The fourth-order valence-corrected chi connectivity index (χ4v) is 3.92. The summed E-state index contributed by atoms with van der Waals surface area (Å²) in [4.78, 5) is 57.3. The fourth-order valence-electron chi connectivity index (χ4n) is 3.92. The Kier molecular flexibility index (Phi) is 10.5. The van der Waals surface area contributed by atoms with E-state index in [4.69, 9.17) is 0 Å². The third-order valence-electron chi connectivity index (χ3n) is 6.10. The Morgan fingerprint density at radius 3 is 2.38 bits per heavy atom. The first-order chi connectivity index (χ1) is 16.1. The smallest absolute Gasteiger partial charge is 0.326 e. The minimum absolute atomic E-state index is 0.0304. The van der Waals surface area contributed by atoms with Crippen LogP contribution in [0.2, 0.25) is 0 Å². The Morgan fingerprint density at radius 2 is 1.85 bits per heavy atom. The zero-order chi connectivity index (χ0) is 25.3. The molecule has 0 radical (unpaired) electrons. The van der Waals surface area contributed by atoms with E-state index in [1.54, 1.807) is 0 Å². The van der Waals surface area contributed by atoms with Crippen LogP contribution in [0, 0.1) is 11.8 Å². The van der Waals surface area contributed by atoms with Crippen LogP contribution in [-0.2, 0) is 25.6 Å². The summed E-state index contributed by atoms with van der Waals surface area (Å²) in [5.74, 6) is -2.58. The van der Waals surface area contributed by atoms with Gasteiger partial charge in [0.15, 0.2) is 0 Å². The molecule has 2 rings (SSSR count). The first kappa shape index (κ1) is 27.3. The molecule has 34 heavy (non-hydrogen) atoms. The molecule has 1 aromatic heterocycles. The molecule has 0 aromatic carbocycles. The molecule has 1 aliphatic heterocycles. The van der Waals surface area contributed by atoms with Gasteiger partial charge in [-0.1, -0.05) is 34.1 Å². The lowest BCUT2D eigenvalue weighted by Gasteiger charge is -2.28. The lowest BCUT2D eigenvalue weighted by atomic mass is 9.96. The molecule has 1 fully saturated rings. The third-order valence-corrected chi connectivity index (χ3v) is 6.10. The Bertz CT molecular complexity index is 822. The number of rotatable bonds is 13. The number of aromatic amines is 1. The average molecular weight is 479 g/mol. The molecule has 0 bridgehead atoms. The lowest BCUT2D eigenvalue weighted by molar-refractivity contribution is -0.142. The molecule has 0 spiro atoms. The first-order valence-corrected chi connectivity index (χ1v) is 12.0. The third kappa shape index (κ3) is 8.12. The monoisotopic (exact) mass is 478 g/mol. The zero-order valence-corrected chi connectivity index (χ0v) is 20.4. The topological polar surface area (TPSA) is 165 Å². The van der Waals surface area contributed by atoms with Crippen molar-refractivity contribution in [1.82, 2.24) is 31.2 Å². The van der Waals surface area contributed by atoms with E-state index in [1.807, 2.05) is 27.7 Å². The van der Waals surface area contributed by atoms with Gasteiger partial charge in [-0.15, -0.1) is 0 Å². The maximum Gasteiger partial charge on any atom is 0.326 e. The van der Waals surface area contributed by atoms with Gasteiger partial charge in [0.25, 0.3) is 0 Å². The summed E-state index contributed by atoms with van der Waals surface area (Å²) >= 11 is 0. The highest BCUT2D eigenvalue weighted by molar-refractivity contribution is 5.94. The highest BCUT2D eigenvalue weighted by Gasteiger charge is 2.33. The molecule has 5 atom stereocenters. The van der Waals surface area contributed by atoms with Gasteiger partial charge in [-0.25, -0.2) is 9.78 Å². The van der Waals surface area contributed by atoms with E-state index in [1.165, 1.54) is 12.5 Å². The van der Waals surface area contributed by atoms with Crippen LogP contribution in [0.15, 0.2) is 12.5 Å². The van der Waals surface area contributed by atoms with Gasteiger partial charge in [-0.2, -0.15) is 0 Å². The van der Waals surface area contributed by atoms with Crippen LogP contribution in [0.25, 0.3) is 0 Å². The number of carboxylic acids is 1. The molecule has 11 nitrogen and oxygen atoms in total. The number of aromatic nitrogens is 2. The van der Waals surface area contributed by atoms with Crippen LogP contribution in [0.3, 0.4) is 0 Å². The Morgan fingerprint density at radius 1 is 1.12 bits per heavy atom. The number of amides is 3. The largest absolute Gasteiger partial charge is 0.480 e. The quantitative estimate of drug-likeness (QED) is 0.238. The van der Waals surface area contributed by atoms with Gasteiger partial charge in [0.1, 0.15) is 18.1 Å². The van der Waals surface area contributed by atoms with Crippen molar-refractivity contribution in [2.24, 2.45) is 11.8 Å². The number of imidazole rings is 1. The Labute approximate surface area is 200 Å². The molecule has 0 saturated carbocycles. The van der Waals surface area contributed by atoms with E-state index < -0.39 is 35.9 Å². The minimum Gasteiger partial charge on any atom is -0.480 e. The van der Waals surface area contributed by atoms with Crippen molar-refractivity contribution in [3.8, 4) is 0 Å². The molecule has 1 aliphatic rings. The SMILES string of the molecule is CCC(C)C(NC(=O)C(CC(C)C)NC(=O)C1CCCN1)C(=O)NC(Cc1cnc[nH]1)C(=O)O. The van der Waals surface area contributed by atoms with Gasteiger partial charge in [-0.3, -0.25) is 14.4 Å². The fraction of sp³-hybridized carbons (Fsp3) is 0.696. The minimum atomic E-state index is -1.19. The molecule has 1 aromatic rings. The Hall–Kier alpha value is -2.95. The normalized spacial score (nSPS) is 19.1. The average Bonchev–Trinajstić information content (AvgIpc) is 3.49. The Balaban J connectivity index is 2.11. The second-order valence-electron chi connectivity index (χ2n) is 9.39. The number of carbonyl (C=O) groups is 4. The number of hydrogen-bond donors (Lipinski definition) is 6. The van der Waals surface area contributed by atoms with Crippen molar-refractivity contribution in [2.75, 3.05) is 6.54 Å². The molecule has 11 heteroatoms. The summed E-state index contributed by atoms with van der Waals surface area (Å²) in [6.07, 6.45) is 5.57. The van der Waals surface area contributed by atoms with Gasteiger partial charge in [-0.05, 0) is 37.6 Å². The highest BCUT2D eigenvalue weighted by Crippen LogP contribution is 2.13. The number of carbonyl (C=O) groups excluding carboxylic acids is 3. The molecule has 1 saturated heterocycles. The van der Waals surface area contributed by atoms with E-state index in [-0.39, 0.29) is 30.2 Å². The van der Waals surface area contributed by atoms with Crippen molar-refractivity contribution in [3.05, 3.63) is 18.2 Å². The van der Waals surface area contributed by atoms with Crippen molar-refractivity contribution >= 4 is 23.7 Å². The highest BCUT2D eigenvalue weighted by atomic mass is 16.4. The summed E-state index contributed by atoms with van der Waals surface area (Å²) < 4.78 is 0. The van der Waals surface area contributed by atoms with Crippen molar-refractivity contribution in [1.29, 1.82) is 0 Å². The van der Waals surface area contributed by atoms with Crippen molar-refractivity contribution < 1.29 is 24.3 Å². The zero-order valence-electron chi connectivity index (χ0n) is 20.4. The van der Waals surface area contributed by atoms with Crippen LogP contribution < -0.4 is 21.3 Å². The maximum absolute atomic E-state index is 13.2. The number of carboxylic acid groups (broad SMARTS) is 1. The van der Waals surface area contributed by atoms with Gasteiger partial charge < -0.3 is 31.4 Å². The summed E-state index contributed by atoms with van der Waals surface area (Å²) in [7, 11) is 0. The number of H-pyrrole nitrogens is 1. The number of nitrogens with one attached hydrogen (secondary N) is 5. The molecule has 5 unspecified atom stereocenters. The van der Waals surface area contributed by atoms with E-state index in [0.29, 0.717) is 25.0 Å². The van der Waals surface area contributed by atoms with Crippen molar-refractivity contribution in [2.45, 2.75) is 84.0 Å². The molecule has 6 N–H and O–H groups in total. The van der Waals surface area contributed by atoms with E-state index in [9.17, 15) is 24.3 Å². The van der Waals surface area contributed by atoms with Gasteiger partial charge >= 0.3 is 5.97 Å². The van der Waals surface area contributed by atoms with Crippen LogP contribution in [0.1, 0.15) is 59.1 Å². The summed E-state index contributed by atoms with van der Waals surface area (Å²) in [6.45, 7) is 8.36. The van der Waals surface area contributed by atoms with E-state index >= 15 is 0 Å². The predicted molar refractivity (Wildman–Crippen MR) is 126 cm³/mol. The predicted octanol–water partition coefficient (Wildman–Crippen LogP) is 0.335. The number of nitrogens with zero attached hydrogens (tertiary/aromatic N) is 1. The second-order valence-corrected chi connectivity index (χ2v) is 9.39. The first-order valence-electron chi connectivity index (χ1n) is 12.0. The molecule has 0 aliphatic carbocycles. The number of aliphatic carboxylic acids is 1. The standard InChI is InChI=1S/C23H38N6O5/c1-5-14(4)19(22(32)28-18(23(33)34)10-15-11-24-12-26-15)29-21(31)17(9-13(2)3)27-20(30)16-7-6-8-25-16/h11-14,16-19,25H,5-10H2,1-4H3,(H,24,26)(H,27,30)(H,28,32)(H,29,31)(H,33,34). The molecule has 3 amide bonds. The molecular weight excluding hydrogens is 440 g/mol. The summed E-state index contributed by atoms with van der Waals surface area (Å²) in [6, 6.07) is -3.25.